The van der Waals surface area contributed by atoms with Gasteiger partial charge in [0.1, 0.15) is 12.1 Å². The minimum absolute atomic E-state index is 0.0694. The van der Waals surface area contributed by atoms with Gasteiger partial charge in [-0.2, -0.15) is 5.26 Å². The van der Waals surface area contributed by atoms with Crippen LogP contribution >= 0.6 is 11.6 Å². The molecule has 3 aromatic carbocycles. The van der Waals surface area contributed by atoms with Gasteiger partial charge in [-0.1, -0.05) is 23.4 Å². The fraction of sp³-hybridized carbons (Fsp3) is 0.422. The maximum absolute atomic E-state index is 13.4. The molecule has 58 heavy (non-hydrogen) atoms. The van der Waals surface area contributed by atoms with Crippen LogP contribution in [-0.2, 0) is 9.59 Å². The number of anilines is 2. The average Bonchev–Trinajstić information content (AvgIpc) is 3.74. The standard InChI is InChI=1S/C45H44ClN7O5/c46-38-24-35(8-7-32(38)25-47)51-22-17-45(28-51)15-20-50(21-16-45)42(56)31-5-3-29(4-6-31)1-2-30-26-52(27-30)33-13-18-49(19-14-33)34-9-10-36-37(23-34)44(58)53(43(36)57)39-11-12-40(54)48-41(39)55/h3-10,23-24,30,33,39H,11-22,26-28H2,(H,48,54,55). The fourth-order valence-corrected chi connectivity index (χ4v) is 9.87. The summed E-state index contributed by atoms with van der Waals surface area (Å²) in [6.07, 6.45) is 5.20. The Bertz CT molecular complexity index is 2310. The monoisotopic (exact) mass is 797 g/mol. The average molecular weight is 798 g/mol. The summed E-state index contributed by atoms with van der Waals surface area (Å²) >= 11 is 6.31. The first-order valence-corrected chi connectivity index (χ1v) is 20.7. The summed E-state index contributed by atoms with van der Waals surface area (Å²) in [6, 6.07) is 20.3. The number of imide groups is 2. The lowest BCUT2D eigenvalue weighted by molar-refractivity contribution is -0.136. The SMILES string of the molecule is N#Cc1ccc(N2CCC3(CCN(C(=O)c4ccc(C#CC5CN(C6CCN(c7ccc8c(c7)C(=O)N(C7CCC(=O)NC7=O)C8=O)CC6)C5)cc4)CC3)C2)cc1Cl. The smallest absolute Gasteiger partial charge is 0.262 e. The number of rotatable bonds is 5. The number of nitriles is 1. The summed E-state index contributed by atoms with van der Waals surface area (Å²) in [5.74, 6) is 5.16. The van der Waals surface area contributed by atoms with Crippen molar-refractivity contribution in [2.75, 3.05) is 62.2 Å². The summed E-state index contributed by atoms with van der Waals surface area (Å²) in [5, 5.41) is 11.9. The van der Waals surface area contributed by atoms with Crippen molar-refractivity contribution < 1.29 is 24.0 Å². The van der Waals surface area contributed by atoms with E-state index in [4.69, 9.17) is 11.6 Å². The van der Waals surface area contributed by atoms with E-state index in [0.717, 1.165) is 106 Å². The normalized spacial score (nSPS) is 22.4. The quantitative estimate of drug-likeness (QED) is 0.288. The number of piperidine rings is 3. The van der Waals surface area contributed by atoms with E-state index in [1.165, 1.54) is 0 Å². The topological polar surface area (TPSA) is 137 Å². The van der Waals surface area contributed by atoms with Gasteiger partial charge in [-0.25, -0.2) is 0 Å². The Hall–Kier alpha value is -5.69. The number of carbonyl (C=O) groups excluding carboxylic acids is 5. The third kappa shape index (κ3) is 7.09. The largest absolute Gasteiger partial charge is 0.371 e. The summed E-state index contributed by atoms with van der Waals surface area (Å²) in [5.41, 5.74) is 4.81. The molecule has 5 saturated heterocycles. The van der Waals surface area contributed by atoms with Crippen LogP contribution in [0.3, 0.4) is 0 Å². The lowest BCUT2D eigenvalue weighted by Gasteiger charge is -2.46. The number of benzene rings is 3. The van der Waals surface area contributed by atoms with Crippen molar-refractivity contribution >= 4 is 52.5 Å². The minimum atomic E-state index is -0.972. The molecule has 0 saturated carbocycles. The maximum atomic E-state index is 13.4. The first-order valence-electron chi connectivity index (χ1n) is 20.3. The van der Waals surface area contributed by atoms with Crippen LogP contribution in [0, 0.1) is 34.5 Å². The van der Waals surface area contributed by atoms with Crippen molar-refractivity contribution in [3.63, 3.8) is 0 Å². The summed E-state index contributed by atoms with van der Waals surface area (Å²) in [6.45, 7) is 6.87. The van der Waals surface area contributed by atoms with Crippen molar-refractivity contribution in [3.8, 4) is 17.9 Å². The van der Waals surface area contributed by atoms with Crippen LogP contribution in [0.25, 0.3) is 0 Å². The van der Waals surface area contributed by atoms with Gasteiger partial charge < -0.3 is 14.7 Å². The van der Waals surface area contributed by atoms with E-state index in [9.17, 15) is 29.2 Å². The van der Waals surface area contributed by atoms with Crippen LogP contribution in [0.1, 0.15) is 87.1 Å². The zero-order valence-corrected chi connectivity index (χ0v) is 33.0. The fourth-order valence-electron chi connectivity index (χ4n) is 9.65. The van der Waals surface area contributed by atoms with E-state index in [-0.39, 0.29) is 24.2 Å². The van der Waals surface area contributed by atoms with Crippen molar-refractivity contribution in [2.24, 2.45) is 11.3 Å². The number of halogens is 1. The van der Waals surface area contributed by atoms with E-state index in [1.807, 2.05) is 47.4 Å². The van der Waals surface area contributed by atoms with E-state index >= 15 is 0 Å². The van der Waals surface area contributed by atoms with Crippen molar-refractivity contribution in [3.05, 3.63) is 93.5 Å². The van der Waals surface area contributed by atoms with Crippen LogP contribution in [0.2, 0.25) is 5.02 Å². The van der Waals surface area contributed by atoms with Gasteiger partial charge in [0.15, 0.2) is 0 Å². The van der Waals surface area contributed by atoms with Gasteiger partial charge in [-0.05, 0) is 105 Å². The summed E-state index contributed by atoms with van der Waals surface area (Å²) in [7, 11) is 0. The molecular weight excluding hydrogens is 754 g/mol. The number of hydrogen-bond acceptors (Lipinski definition) is 9. The first-order chi connectivity index (χ1) is 28.1. The number of nitrogens with zero attached hydrogens (tertiary/aromatic N) is 6. The van der Waals surface area contributed by atoms with Gasteiger partial charge in [0.2, 0.25) is 11.8 Å². The Morgan fingerprint density at radius 2 is 1.48 bits per heavy atom. The molecule has 5 fully saturated rings. The van der Waals surface area contributed by atoms with Crippen LogP contribution in [0.5, 0.6) is 0 Å². The molecule has 1 spiro atoms. The second-order valence-corrected chi connectivity index (χ2v) is 17.0. The molecule has 1 N–H and O–H groups in total. The lowest BCUT2D eigenvalue weighted by Crippen LogP contribution is -2.55. The Morgan fingerprint density at radius 1 is 0.793 bits per heavy atom. The second-order valence-electron chi connectivity index (χ2n) is 16.6. The molecule has 9 rings (SSSR count). The Labute approximate surface area is 342 Å². The van der Waals surface area contributed by atoms with Gasteiger partial charge in [0.05, 0.1) is 21.7 Å². The zero-order chi connectivity index (χ0) is 40.1. The van der Waals surface area contributed by atoms with Crippen LogP contribution < -0.4 is 15.1 Å². The van der Waals surface area contributed by atoms with Gasteiger partial charge >= 0.3 is 0 Å². The van der Waals surface area contributed by atoms with E-state index < -0.39 is 29.7 Å². The highest BCUT2D eigenvalue weighted by Crippen LogP contribution is 2.43. The van der Waals surface area contributed by atoms with Crippen molar-refractivity contribution in [1.82, 2.24) is 20.0 Å². The number of carbonyl (C=O) groups is 5. The molecule has 0 radical (unpaired) electrons. The number of amides is 5. The molecule has 6 aliphatic rings. The molecule has 3 aromatic rings. The molecule has 1 unspecified atom stereocenters. The van der Waals surface area contributed by atoms with Gasteiger partial charge in [-0.3, -0.25) is 39.1 Å². The Kier molecular flexibility index (Phi) is 9.95. The summed E-state index contributed by atoms with van der Waals surface area (Å²) < 4.78 is 0. The molecule has 6 heterocycles. The van der Waals surface area contributed by atoms with Crippen LogP contribution in [0.15, 0.2) is 60.7 Å². The number of nitrogens with one attached hydrogen (secondary N) is 1. The Balaban J connectivity index is 0.720. The van der Waals surface area contributed by atoms with Crippen LogP contribution in [0.4, 0.5) is 11.4 Å². The molecule has 12 nitrogen and oxygen atoms in total. The highest BCUT2D eigenvalue weighted by Gasteiger charge is 2.45. The molecule has 5 amide bonds. The number of hydrogen-bond donors (Lipinski definition) is 1. The molecule has 1 atom stereocenters. The second kappa shape index (κ2) is 15.2. The lowest BCUT2D eigenvalue weighted by atomic mass is 9.77. The van der Waals surface area contributed by atoms with E-state index in [2.05, 4.69) is 37.9 Å². The van der Waals surface area contributed by atoms with E-state index in [1.54, 1.807) is 18.2 Å². The summed E-state index contributed by atoms with van der Waals surface area (Å²) in [4.78, 5) is 74.0. The number of likely N-dealkylation sites (tertiary alicyclic amines) is 2. The molecule has 0 aromatic heterocycles. The minimum Gasteiger partial charge on any atom is -0.371 e. The van der Waals surface area contributed by atoms with Crippen LogP contribution in [-0.4, -0.2) is 109 Å². The third-order valence-corrected chi connectivity index (χ3v) is 13.5. The first kappa shape index (κ1) is 37.9. The van der Waals surface area contributed by atoms with Crippen molar-refractivity contribution in [2.45, 2.75) is 57.0 Å². The highest BCUT2D eigenvalue weighted by molar-refractivity contribution is 6.32. The predicted molar refractivity (Wildman–Crippen MR) is 217 cm³/mol. The van der Waals surface area contributed by atoms with Gasteiger partial charge in [0, 0.05) is 93.2 Å². The molecule has 296 valence electrons. The maximum Gasteiger partial charge on any atom is 0.262 e. The van der Waals surface area contributed by atoms with Crippen molar-refractivity contribution in [1.29, 1.82) is 5.26 Å². The number of fused-ring (bicyclic) bond motifs is 1. The van der Waals surface area contributed by atoms with E-state index in [0.29, 0.717) is 39.2 Å². The molecule has 6 aliphatic heterocycles. The predicted octanol–water partition coefficient (Wildman–Crippen LogP) is 4.70. The van der Waals surface area contributed by atoms with Gasteiger partial charge in [-0.15, -0.1) is 0 Å². The third-order valence-electron chi connectivity index (χ3n) is 13.2. The highest BCUT2D eigenvalue weighted by atomic mass is 35.5. The molecule has 0 aliphatic carbocycles. The molecule has 0 bridgehead atoms. The van der Waals surface area contributed by atoms with Gasteiger partial charge in [0.25, 0.3) is 17.7 Å². The zero-order valence-electron chi connectivity index (χ0n) is 32.2. The molecule has 13 heteroatoms. The molecular formula is C45H44ClN7O5. The Morgan fingerprint density at radius 3 is 2.19 bits per heavy atom.